The highest BCUT2D eigenvalue weighted by Crippen LogP contribution is 2.31. The van der Waals surface area contributed by atoms with Crippen molar-refractivity contribution in [2.45, 2.75) is 37.9 Å². The number of hydrogen-bond acceptors (Lipinski definition) is 7. The number of pyridine rings is 1. The van der Waals surface area contributed by atoms with E-state index in [9.17, 15) is 18.0 Å². The first-order valence-corrected chi connectivity index (χ1v) is 10.9. The summed E-state index contributed by atoms with van der Waals surface area (Å²) in [6.45, 7) is 0.488. The maximum atomic E-state index is 13.1. The number of nitrogens with two attached hydrogens (primary N) is 1. The Morgan fingerprint density at radius 3 is 2.68 bits per heavy atom. The molecule has 4 rings (SSSR count). The molecule has 3 aromatic rings. The minimum absolute atomic E-state index is 0.242. The number of nitrogens with one attached hydrogen (secondary N) is 1. The fraction of sp³-hybridized carbons (Fsp3) is 0.455. The van der Waals surface area contributed by atoms with Gasteiger partial charge in [0.05, 0.1) is 12.8 Å². The summed E-state index contributed by atoms with van der Waals surface area (Å²) >= 11 is 0. The fourth-order valence-corrected chi connectivity index (χ4v) is 4.14. The number of rotatable bonds is 6. The van der Waals surface area contributed by atoms with Gasteiger partial charge in [-0.3, -0.25) is 9.78 Å². The molecule has 1 aliphatic carbocycles. The van der Waals surface area contributed by atoms with Gasteiger partial charge in [-0.1, -0.05) is 0 Å². The maximum Gasteiger partial charge on any atom is 0.433 e. The van der Waals surface area contributed by atoms with E-state index in [1.165, 1.54) is 12.4 Å². The van der Waals surface area contributed by atoms with Gasteiger partial charge in [0.1, 0.15) is 22.7 Å². The molecule has 1 amide bonds. The summed E-state index contributed by atoms with van der Waals surface area (Å²) in [6, 6.07) is 2.97. The second-order valence-electron chi connectivity index (χ2n) is 8.61. The molecule has 0 unspecified atom stereocenters. The fourth-order valence-electron chi connectivity index (χ4n) is 4.14. The molecule has 34 heavy (non-hydrogen) atoms. The van der Waals surface area contributed by atoms with E-state index >= 15 is 0 Å². The summed E-state index contributed by atoms with van der Waals surface area (Å²) in [7, 11) is 4.17. The number of anilines is 2. The smallest absolute Gasteiger partial charge is 0.433 e. The van der Waals surface area contributed by atoms with Crippen LogP contribution in [0.3, 0.4) is 0 Å². The molecule has 182 valence electrons. The lowest BCUT2D eigenvalue weighted by atomic mass is 9.86. The predicted octanol–water partition coefficient (Wildman–Crippen LogP) is 3.48. The zero-order valence-corrected chi connectivity index (χ0v) is 18.8. The van der Waals surface area contributed by atoms with Crippen LogP contribution in [0.2, 0.25) is 0 Å². The molecular weight excluding hydrogens is 451 g/mol. The number of halogens is 3. The quantitative estimate of drug-likeness (QED) is 0.559. The van der Waals surface area contributed by atoms with E-state index < -0.39 is 17.8 Å². The van der Waals surface area contributed by atoms with Crippen LogP contribution in [0, 0.1) is 5.92 Å². The Morgan fingerprint density at radius 1 is 1.26 bits per heavy atom. The Bertz CT molecular complexity index is 1170. The summed E-state index contributed by atoms with van der Waals surface area (Å²) < 4.78 is 46.3. The topological polar surface area (TPSA) is 111 Å². The molecule has 0 aromatic carbocycles. The zero-order valence-electron chi connectivity index (χ0n) is 18.8. The molecule has 0 saturated heterocycles. The molecule has 0 aliphatic heterocycles. The van der Waals surface area contributed by atoms with Gasteiger partial charge in [-0.2, -0.15) is 13.2 Å². The van der Waals surface area contributed by atoms with Gasteiger partial charge in [-0.15, -0.1) is 5.10 Å². The maximum absolute atomic E-state index is 13.1. The number of carbonyl (C=O) groups is 1. The van der Waals surface area contributed by atoms with Gasteiger partial charge in [-0.05, 0) is 51.8 Å². The largest absolute Gasteiger partial charge is 0.491 e. The minimum Gasteiger partial charge on any atom is -0.491 e. The third-order valence-corrected chi connectivity index (χ3v) is 6.08. The summed E-state index contributed by atoms with van der Waals surface area (Å²) in [6.07, 6.45) is 3.61. The molecule has 0 bridgehead atoms. The number of nitrogen functional groups attached to an aromatic ring is 1. The second-order valence-corrected chi connectivity index (χ2v) is 8.61. The van der Waals surface area contributed by atoms with Gasteiger partial charge in [0.15, 0.2) is 11.5 Å². The van der Waals surface area contributed by atoms with Crippen molar-refractivity contribution in [2.24, 2.45) is 5.92 Å². The molecule has 1 fully saturated rings. The summed E-state index contributed by atoms with van der Waals surface area (Å²) in [4.78, 5) is 22.8. The number of nitrogens with zero attached hydrogens (tertiary/aromatic N) is 5. The van der Waals surface area contributed by atoms with E-state index in [4.69, 9.17) is 10.5 Å². The van der Waals surface area contributed by atoms with Crippen molar-refractivity contribution in [2.75, 3.05) is 31.8 Å². The Kier molecular flexibility index (Phi) is 6.60. The van der Waals surface area contributed by atoms with E-state index in [0.717, 1.165) is 42.5 Å². The summed E-state index contributed by atoms with van der Waals surface area (Å²) in [5.74, 6) is -0.192. The molecule has 9 nitrogen and oxygen atoms in total. The first kappa shape index (κ1) is 23.7. The van der Waals surface area contributed by atoms with Crippen molar-refractivity contribution in [3.8, 4) is 5.75 Å². The number of alkyl halides is 3. The number of aromatic nitrogens is 4. The molecule has 12 heteroatoms. The first-order chi connectivity index (χ1) is 16.1. The molecule has 3 aromatic heterocycles. The third kappa shape index (κ3) is 5.06. The van der Waals surface area contributed by atoms with E-state index in [0.29, 0.717) is 24.3 Å². The van der Waals surface area contributed by atoms with E-state index in [-0.39, 0.29) is 22.7 Å². The van der Waals surface area contributed by atoms with Crippen molar-refractivity contribution in [3.05, 3.63) is 42.0 Å². The van der Waals surface area contributed by atoms with Crippen molar-refractivity contribution in [1.29, 1.82) is 0 Å². The van der Waals surface area contributed by atoms with E-state index in [2.05, 4.69) is 39.4 Å². The van der Waals surface area contributed by atoms with Crippen LogP contribution in [0.25, 0.3) is 5.65 Å². The highest BCUT2D eigenvalue weighted by atomic mass is 19.4. The molecule has 1 aliphatic rings. The average Bonchev–Trinajstić information content (AvgIpc) is 3.13. The first-order valence-electron chi connectivity index (χ1n) is 10.9. The Hall–Kier alpha value is -3.41. The normalized spacial score (nSPS) is 18.9. The van der Waals surface area contributed by atoms with Crippen LogP contribution >= 0.6 is 0 Å². The van der Waals surface area contributed by atoms with Gasteiger partial charge in [0.2, 0.25) is 0 Å². The van der Waals surface area contributed by atoms with Gasteiger partial charge in [0, 0.05) is 24.5 Å². The van der Waals surface area contributed by atoms with Crippen molar-refractivity contribution in [3.63, 3.8) is 0 Å². The minimum atomic E-state index is -4.68. The highest BCUT2D eigenvalue weighted by molar-refractivity contribution is 6.12. The monoisotopic (exact) mass is 477 g/mol. The average molecular weight is 477 g/mol. The second kappa shape index (κ2) is 9.45. The molecular formula is C22H26F3N7O2. The van der Waals surface area contributed by atoms with Gasteiger partial charge < -0.3 is 20.7 Å². The molecule has 3 N–H and O–H groups in total. The summed E-state index contributed by atoms with van der Waals surface area (Å²) in [5, 5.41) is 6.52. The SMILES string of the molecule is CN(C)C1CCC(COc2ccncc2NC(=O)c2c(N)nn3ccc(C(F)(F)F)nc23)CC1. The number of carbonyl (C=O) groups excluding carboxylic acids is 1. The van der Waals surface area contributed by atoms with Crippen LogP contribution in [0.4, 0.5) is 24.7 Å². The van der Waals surface area contributed by atoms with Crippen LogP contribution < -0.4 is 15.8 Å². The van der Waals surface area contributed by atoms with Crippen molar-refractivity contribution >= 4 is 23.1 Å². The molecule has 0 spiro atoms. The van der Waals surface area contributed by atoms with E-state index in [1.807, 2.05) is 0 Å². The number of fused-ring (bicyclic) bond motifs is 1. The lowest BCUT2D eigenvalue weighted by molar-refractivity contribution is -0.141. The van der Waals surface area contributed by atoms with Crippen LogP contribution in [0.5, 0.6) is 5.75 Å². The summed E-state index contributed by atoms with van der Waals surface area (Å²) in [5.41, 5.74) is 4.40. The van der Waals surface area contributed by atoms with Gasteiger partial charge in [0.25, 0.3) is 5.91 Å². The number of hydrogen-bond donors (Lipinski definition) is 2. The predicted molar refractivity (Wildman–Crippen MR) is 120 cm³/mol. The van der Waals surface area contributed by atoms with Gasteiger partial charge in [-0.25, -0.2) is 9.50 Å². The highest BCUT2D eigenvalue weighted by Gasteiger charge is 2.34. The zero-order chi connectivity index (χ0) is 24.5. The number of amides is 1. The van der Waals surface area contributed by atoms with Crippen molar-refractivity contribution < 1.29 is 22.7 Å². The van der Waals surface area contributed by atoms with Gasteiger partial charge >= 0.3 is 6.18 Å². The molecule has 0 atom stereocenters. The number of ether oxygens (including phenoxy) is 1. The van der Waals surface area contributed by atoms with Crippen LogP contribution in [-0.4, -0.2) is 57.1 Å². The molecule has 3 heterocycles. The van der Waals surface area contributed by atoms with Crippen LogP contribution in [0.1, 0.15) is 41.7 Å². The lowest BCUT2D eigenvalue weighted by Crippen LogP contribution is -2.33. The molecule has 1 saturated carbocycles. The van der Waals surface area contributed by atoms with E-state index in [1.54, 1.807) is 6.07 Å². The third-order valence-electron chi connectivity index (χ3n) is 6.08. The lowest BCUT2D eigenvalue weighted by Gasteiger charge is -2.32. The Labute approximate surface area is 194 Å². The standard InChI is InChI=1S/C22H26F3N7O2/c1-31(2)14-5-3-13(4-6-14)12-34-16-7-9-27-11-15(16)28-21(33)18-19(26)30-32-10-8-17(22(23,24)25)29-20(18)32/h7-11,13-14H,3-6,12H2,1-2H3,(H2,26,30)(H,28,33). The van der Waals surface area contributed by atoms with Crippen LogP contribution in [-0.2, 0) is 6.18 Å². The van der Waals surface area contributed by atoms with Crippen molar-refractivity contribution in [1.82, 2.24) is 24.5 Å². The Balaban J connectivity index is 1.49. The molecule has 0 radical (unpaired) electrons. The Morgan fingerprint density at radius 2 is 2.00 bits per heavy atom. The van der Waals surface area contributed by atoms with Crippen LogP contribution in [0.15, 0.2) is 30.7 Å².